The average Bonchev–Trinajstić information content (AvgIpc) is 3.12. The van der Waals surface area contributed by atoms with Crippen molar-refractivity contribution in [3.05, 3.63) is 35.7 Å². The number of rotatable bonds is 5. The van der Waals surface area contributed by atoms with Crippen LogP contribution >= 0.6 is 0 Å². The van der Waals surface area contributed by atoms with Crippen LogP contribution in [0.4, 0.5) is 13.2 Å². The molecule has 0 saturated carbocycles. The molecule has 0 saturated heterocycles. The van der Waals surface area contributed by atoms with E-state index in [0.717, 1.165) is 37.9 Å². The molecule has 23 heavy (non-hydrogen) atoms. The van der Waals surface area contributed by atoms with Crippen molar-refractivity contribution in [3.63, 3.8) is 0 Å². The Bertz CT molecular complexity index is 658. The van der Waals surface area contributed by atoms with Gasteiger partial charge in [-0.2, -0.15) is 18.3 Å². The van der Waals surface area contributed by atoms with Gasteiger partial charge in [-0.3, -0.25) is 4.68 Å². The second-order valence-electron chi connectivity index (χ2n) is 5.87. The van der Waals surface area contributed by atoms with Gasteiger partial charge in [0.1, 0.15) is 5.82 Å². The molecule has 0 radical (unpaired) electrons. The quantitative estimate of drug-likeness (QED) is 0.918. The Balaban J connectivity index is 1.54. The van der Waals surface area contributed by atoms with Crippen molar-refractivity contribution in [3.8, 4) is 0 Å². The van der Waals surface area contributed by atoms with Gasteiger partial charge in [0.2, 0.25) is 0 Å². The van der Waals surface area contributed by atoms with E-state index in [9.17, 15) is 13.2 Å². The molecule has 0 fully saturated rings. The molecule has 1 aliphatic heterocycles. The molecule has 5 nitrogen and oxygen atoms in total. The highest BCUT2D eigenvalue weighted by Crippen LogP contribution is 2.30. The minimum atomic E-state index is -4.36. The fourth-order valence-corrected chi connectivity index (χ4v) is 3.02. The molecule has 3 heterocycles. The van der Waals surface area contributed by atoms with Gasteiger partial charge in [-0.05, 0) is 25.3 Å². The summed E-state index contributed by atoms with van der Waals surface area (Å²) in [6.45, 7) is 4.93. The van der Waals surface area contributed by atoms with Gasteiger partial charge in [0.15, 0.2) is 5.69 Å². The van der Waals surface area contributed by atoms with E-state index in [0.29, 0.717) is 24.7 Å². The third kappa shape index (κ3) is 3.57. The smallest absolute Gasteiger partial charge is 0.334 e. The van der Waals surface area contributed by atoms with Crippen LogP contribution in [0.3, 0.4) is 0 Å². The van der Waals surface area contributed by atoms with Gasteiger partial charge < -0.3 is 9.88 Å². The van der Waals surface area contributed by atoms with Crippen LogP contribution in [0.2, 0.25) is 0 Å². The lowest BCUT2D eigenvalue weighted by molar-refractivity contribution is -0.141. The fourth-order valence-electron chi connectivity index (χ4n) is 3.02. The summed E-state index contributed by atoms with van der Waals surface area (Å²) in [5, 5.41) is 7.60. The van der Waals surface area contributed by atoms with E-state index in [1.807, 2.05) is 17.7 Å². The number of aromatic nitrogens is 4. The number of halogens is 3. The SMILES string of the molecule is CCn1nccc1CNCC1CCc2nc(C(F)(F)F)cn2C1. The fraction of sp³-hybridized carbons (Fsp3) is 0.600. The minimum Gasteiger partial charge on any atom is -0.334 e. The van der Waals surface area contributed by atoms with Crippen LogP contribution < -0.4 is 5.32 Å². The molecular formula is C15H20F3N5. The summed E-state index contributed by atoms with van der Waals surface area (Å²) in [7, 11) is 0. The topological polar surface area (TPSA) is 47.7 Å². The van der Waals surface area contributed by atoms with Crippen LogP contribution in [-0.4, -0.2) is 25.9 Å². The largest absolute Gasteiger partial charge is 0.434 e. The Hall–Kier alpha value is -1.83. The summed E-state index contributed by atoms with van der Waals surface area (Å²) in [6.07, 6.45) is -0.00841. The first-order valence-electron chi connectivity index (χ1n) is 7.82. The van der Waals surface area contributed by atoms with Crippen LogP contribution in [0.5, 0.6) is 0 Å². The zero-order valence-corrected chi connectivity index (χ0v) is 13.0. The van der Waals surface area contributed by atoms with E-state index >= 15 is 0 Å². The van der Waals surface area contributed by atoms with E-state index in [1.165, 1.54) is 0 Å². The average molecular weight is 327 g/mol. The Morgan fingerprint density at radius 1 is 1.39 bits per heavy atom. The number of hydrogen-bond acceptors (Lipinski definition) is 3. The van der Waals surface area contributed by atoms with Crippen molar-refractivity contribution in [1.82, 2.24) is 24.6 Å². The molecule has 126 valence electrons. The molecule has 1 unspecified atom stereocenters. The van der Waals surface area contributed by atoms with E-state index in [1.54, 1.807) is 10.8 Å². The molecule has 0 spiro atoms. The van der Waals surface area contributed by atoms with Gasteiger partial charge in [0.05, 0.1) is 5.69 Å². The highest BCUT2D eigenvalue weighted by molar-refractivity contribution is 5.10. The third-order valence-electron chi connectivity index (χ3n) is 4.22. The van der Waals surface area contributed by atoms with Gasteiger partial charge >= 0.3 is 6.18 Å². The monoisotopic (exact) mass is 327 g/mol. The Kier molecular flexibility index (Phi) is 4.43. The normalized spacial score (nSPS) is 18.2. The molecule has 0 bridgehead atoms. The van der Waals surface area contributed by atoms with E-state index in [2.05, 4.69) is 15.4 Å². The molecule has 2 aromatic heterocycles. The van der Waals surface area contributed by atoms with Crippen molar-refractivity contribution in [2.24, 2.45) is 5.92 Å². The highest BCUT2D eigenvalue weighted by atomic mass is 19.4. The van der Waals surface area contributed by atoms with Crippen molar-refractivity contribution in [2.45, 2.75) is 45.6 Å². The number of nitrogens with one attached hydrogen (secondary N) is 1. The molecule has 0 aliphatic carbocycles. The Morgan fingerprint density at radius 2 is 2.22 bits per heavy atom. The summed E-state index contributed by atoms with van der Waals surface area (Å²) in [5.41, 5.74) is 0.332. The predicted molar refractivity (Wildman–Crippen MR) is 78.6 cm³/mol. The molecule has 1 aliphatic rings. The van der Waals surface area contributed by atoms with Gasteiger partial charge in [-0.15, -0.1) is 0 Å². The lowest BCUT2D eigenvalue weighted by atomic mass is 9.99. The molecule has 1 atom stereocenters. The summed E-state index contributed by atoms with van der Waals surface area (Å²) >= 11 is 0. The van der Waals surface area contributed by atoms with Crippen LogP contribution in [0.25, 0.3) is 0 Å². The van der Waals surface area contributed by atoms with Crippen molar-refractivity contribution in [1.29, 1.82) is 0 Å². The summed E-state index contributed by atoms with van der Waals surface area (Å²) < 4.78 is 41.7. The highest BCUT2D eigenvalue weighted by Gasteiger charge is 2.35. The molecule has 8 heteroatoms. The van der Waals surface area contributed by atoms with Crippen molar-refractivity contribution < 1.29 is 13.2 Å². The maximum absolute atomic E-state index is 12.7. The van der Waals surface area contributed by atoms with Crippen LogP contribution in [0, 0.1) is 5.92 Å². The number of imidazole rings is 1. The predicted octanol–water partition coefficient (Wildman–Crippen LogP) is 2.47. The Morgan fingerprint density at radius 3 is 2.96 bits per heavy atom. The van der Waals surface area contributed by atoms with Gasteiger partial charge in [0.25, 0.3) is 0 Å². The number of aryl methyl sites for hydroxylation is 2. The molecule has 0 amide bonds. The molecule has 1 N–H and O–H groups in total. The van der Waals surface area contributed by atoms with E-state index in [4.69, 9.17) is 0 Å². The zero-order chi connectivity index (χ0) is 16.4. The maximum Gasteiger partial charge on any atom is 0.434 e. The second kappa shape index (κ2) is 6.35. The second-order valence-corrected chi connectivity index (χ2v) is 5.87. The molecule has 2 aromatic rings. The standard InChI is InChI=1S/C15H20F3N5/c1-2-23-12(5-6-20-23)8-19-7-11-3-4-14-21-13(15(16,17)18)10-22(14)9-11/h5-6,10-11,19H,2-4,7-9H2,1H3. The van der Waals surface area contributed by atoms with Gasteiger partial charge in [-0.1, -0.05) is 0 Å². The third-order valence-corrected chi connectivity index (χ3v) is 4.22. The van der Waals surface area contributed by atoms with Crippen LogP contribution in [0.15, 0.2) is 18.5 Å². The first-order chi connectivity index (χ1) is 11.0. The number of hydrogen-bond donors (Lipinski definition) is 1. The summed E-state index contributed by atoms with van der Waals surface area (Å²) in [6, 6.07) is 1.97. The van der Waals surface area contributed by atoms with E-state index in [-0.39, 0.29) is 0 Å². The summed E-state index contributed by atoms with van der Waals surface area (Å²) in [5.74, 6) is 0.855. The van der Waals surface area contributed by atoms with Crippen molar-refractivity contribution >= 4 is 0 Å². The number of nitrogens with zero attached hydrogens (tertiary/aromatic N) is 4. The lowest BCUT2D eigenvalue weighted by Gasteiger charge is -2.24. The molecular weight excluding hydrogens is 307 g/mol. The molecule has 0 aromatic carbocycles. The lowest BCUT2D eigenvalue weighted by Crippen LogP contribution is -2.30. The molecule has 3 rings (SSSR count). The van der Waals surface area contributed by atoms with Crippen molar-refractivity contribution in [2.75, 3.05) is 6.54 Å². The minimum absolute atomic E-state index is 0.316. The van der Waals surface area contributed by atoms with E-state index < -0.39 is 11.9 Å². The Labute approximate surface area is 132 Å². The number of fused-ring (bicyclic) bond motifs is 1. The van der Waals surface area contributed by atoms with Gasteiger partial charge in [0, 0.05) is 45.0 Å². The summed E-state index contributed by atoms with van der Waals surface area (Å²) in [4.78, 5) is 3.71. The first kappa shape index (κ1) is 16.0. The first-order valence-corrected chi connectivity index (χ1v) is 7.82. The van der Waals surface area contributed by atoms with Crippen LogP contribution in [-0.2, 0) is 32.2 Å². The van der Waals surface area contributed by atoms with Crippen LogP contribution in [0.1, 0.15) is 30.6 Å². The zero-order valence-electron chi connectivity index (χ0n) is 13.0. The van der Waals surface area contributed by atoms with Gasteiger partial charge in [-0.25, -0.2) is 4.98 Å². The maximum atomic E-state index is 12.7. The number of alkyl halides is 3.